The van der Waals surface area contributed by atoms with Gasteiger partial charge in [0.2, 0.25) is 5.91 Å². The van der Waals surface area contributed by atoms with Gasteiger partial charge in [-0.25, -0.2) is 14.5 Å². The molecule has 1 aliphatic heterocycles. The van der Waals surface area contributed by atoms with Gasteiger partial charge in [-0.1, -0.05) is 0 Å². The highest BCUT2D eigenvalue weighted by molar-refractivity contribution is 5.76. The SMILES string of the molecule is COc1ccc(-c2cc3nc([C@H](C)NC(=O)CC4CCCO4)nn3cn2)cc1. The predicted octanol–water partition coefficient (Wildman–Crippen LogP) is 2.55. The molecule has 1 fully saturated rings. The molecule has 0 radical (unpaired) electrons. The zero-order valence-corrected chi connectivity index (χ0v) is 16.0. The highest BCUT2D eigenvalue weighted by atomic mass is 16.5. The van der Waals surface area contributed by atoms with E-state index in [1.54, 1.807) is 18.0 Å². The summed E-state index contributed by atoms with van der Waals surface area (Å²) < 4.78 is 12.3. The first-order chi connectivity index (χ1) is 13.6. The molecule has 0 spiro atoms. The van der Waals surface area contributed by atoms with Gasteiger partial charge < -0.3 is 14.8 Å². The van der Waals surface area contributed by atoms with Gasteiger partial charge in [-0.2, -0.15) is 0 Å². The van der Waals surface area contributed by atoms with Crippen molar-refractivity contribution in [3.63, 3.8) is 0 Å². The van der Waals surface area contributed by atoms with Gasteiger partial charge in [0.25, 0.3) is 0 Å². The van der Waals surface area contributed by atoms with E-state index >= 15 is 0 Å². The normalized spacial score (nSPS) is 17.6. The smallest absolute Gasteiger partial charge is 0.223 e. The number of hydrogen-bond acceptors (Lipinski definition) is 6. The molecule has 2 aromatic heterocycles. The number of nitrogens with zero attached hydrogens (tertiary/aromatic N) is 4. The molecule has 146 valence electrons. The number of fused-ring (bicyclic) bond motifs is 1. The highest BCUT2D eigenvalue weighted by Gasteiger charge is 2.21. The van der Waals surface area contributed by atoms with Crippen molar-refractivity contribution in [1.29, 1.82) is 0 Å². The van der Waals surface area contributed by atoms with E-state index in [4.69, 9.17) is 9.47 Å². The number of ether oxygens (including phenoxy) is 2. The molecule has 1 amide bonds. The summed E-state index contributed by atoms with van der Waals surface area (Å²) in [5, 5.41) is 7.39. The molecule has 8 nitrogen and oxygen atoms in total. The van der Waals surface area contributed by atoms with Crippen molar-refractivity contribution in [2.75, 3.05) is 13.7 Å². The van der Waals surface area contributed by atoms with Crippen molar-refractivity contribution in [2.24, 2.45) is 0 Å². The standard InChI is InChI=1S/C20H23N5O3/c1-13(22-19(26)10-16-4-3-9-28-16)20-23-18-11-17(21-12-25(18)24-20)14-5-7-15(27-2)8-6-14/h5-8,11-13,16H,3-4,9-10H2,1-2H3,(H,22,26)/t13-,16?/m0/s1. The summed E-state index contributed by atoms with van der Waals surface area (Å²) in [6.07, 6.45) is 3.99. The molecule has 1 aliphatic rings. The Balaban J connectivity index is 1.48. The van der Waals surface area contributed by atoms with Crippen molar-refractivity contribution >= 4 is 11.6 Å². The Morgan fingerprint density at radius 2 is 2.21 bits per heavy atom. The van der Waals surface area contributed by atoms with E-state index in [1.165, 1.54) is 0 Å². The highest BCUT2D eigenvalue weighted by Crippen LogP contribution is 2.22. The minimum atomic E-state index is -0.293. The number of aromatic nitrogens is 4. The summed E-state index contributed by atoms with van der Waals surface area (Å²) in [7, 11) is 1.64. The average Bonchev–Trinajstić information content (AvgIpc) is 3.36. The molecule has 28 heavy (non-hydrogen) atoms. The first-order valence-electron chi connectivity index (χ1n) is 9.40. The molecule has 4 rings (SSSR count). The van der Waals surface area contributed by atoms with E-state index < -0.39 is 0 Å². The monoisotopic (exact) mass is 381 g/mol. The molecule has 1 N–H and O–H groups in total. The van der Waals surface area contributed by atoms with Gasteiger partial charge in [0.1, 0.15) is 12.1 Å². The third kappa shape index (κ3) is 3.96. The zero-order valence-electron chi connectivity index (χ0n) is 16.0. The molecular weight excluding hydrogens is 358 g/mol. The third-order valence-corrected chi connectivity index (χ3v) is 4.83. The molecule has 0 aliphatic carbocycles. The lowest BCUT2D eigenvalue weighted by atomic mass is 10.1. The van der Waals surface area contributed by atoms with Crippen LogP contribution in [-0.4, -0.2) is 45.3 Å². The van der Waals surface area contributed by atoms with E-state index in [-0.39, 0.29) is 18.1 Å². The fourth-order valence-corrected chi connectivity index (χ4v) is 3.29. The van der Waals surface area contributed by atoms with E-state index in [9.17, 15) is 4.79 Å². The molecule has 1 aromatic carbocycles. The minimum absolute atomic E-state index is 0.0254. The lowest BCUT2D eigenvalue weighted by Crippen LogP contribution is -2.30. The van der Waals surface area contributed by atoms with Crippen LogP contribution in [0.1, 0.15) is 38.1 Å². The van der Waals surface area contributed by atoms with Crippen molar-refractivity contribution in [3.8, 4) is 17.0 Å². The van der Waals surface area contributed by atoms with E-state index in [1.807, 2.05) is 37.3 Å². The maximum atomic E-state index is 12.2. The van der Waals surface area contributed by atoms with Crippen LogP contribution in [0.5, 0.6) is 5.75 Å². The van der Waals surface area contributed by atoms with E-state index in [0.717, 1.165) is 36.5 Å². The lowest BCUT2D eigenvalue weighted by molar-refractivity contribution is -0.123. The fraction of sp³-hybridized carbons (Fsp3) is 0.400. The van der Waals surface area contributed by atoms with Crippen LogP contribution in [0.3, 0.4) is 0 Å². The Hall–Kier alpha value is -3.00. The van der Waals surface area contributed by atoms with Crippen LogP contribution in [0.15, 0.2) is 36.7 Å². The molecular formula is C20H23N5O3. The molecule has 2 atom stereocenters. The number of benzene rings is 1. The molecule has 1 saturated heterocycles. The average molecular weight is 381 g/mol. The summed E-state index contributed by atoms with van der Waals surface area (Å²) in [6.45, 7) is 2.62. The Morgan fingerprint density at radius 1 is 1.39 bits per heavy atom. The number of nitrogens with one attached hydrogen (secondary N) is 1. The van der Waals surface area contributed by atoms with Crippen LogP contribution >= 0.6 is 0 Å². The summed E-state index contributed by atoms with van der Waals surface area (Å²) in [5.41, 5.74) is 2.44. The van der Waals surface area contributed by atoms with Crippen LogP contribution in [0, 0.1) is 0 Å². The Bertz CT molecular complexity index is 964. The maximum absolute atomic E-state index is 12.2. The molecule has 1 unspecified atom stereocenters. The van der Waals surface area contributed by atoms with Crippen molar-refractivity contribution in [2.45, 2.75) is 38.3 Å². The Kier molecular flexibility index (Phi) is 5.21. The second-order valence-electron chi connectivity index (χ2n) is 6.90. The van der Waals surface area contributed by atoms with Crippen molar-refractivity contribution < 1.29 is 14.3 Å². The quantitative estimate of drug-likeness (QED) is 0.706. The number of methoxy groups -OCH3 is 1. The summed E-state index contributed by atoms with van der Waals surface area (Å²) in [5.74, 6) is 1.30. The number of hydrogen-bond donors (Lipinski definition) is 1. The number of amides is 1. The molecule has 8 heteroatoms. The molecule has 3 aromatic rings. The lowest BCUT2D eigenvalue weighted by Gasteiger charge is -2.13. The topological polar surface area (TPSA) is 90.6 Å². The van der Waals surface area contributed by atoms with Gasteiger partial charge in [0.05, 0.1) is 31.4 Å². The maximum Gasteiger partial charge on any atom is 0.223 e. The molecule has 0 bridgehead atoms. The van der Waals surface area contributed by atoms with Crippen LogP contribution in [-0.2, 0) is 9.53 Å². The first kappa shape index (κ1) is 18.4. The minimum Gasteiger partial charge on any atom is -0.497 e. The first-order valence-corrected chi connectivity index (χ1v) is 9.40. The van der Waals surface area contributed by atoms with Gasteiger partial charge in [-0.3, -0.25) is 4.79 Å². The summed E-state index contributed by atoms with van der Waals surface area (Å²) in [4.78, 5) is 21.2. The van der Waals surface area contributed by atoms with Gasteiger partial charge in [-0.15, -0.1) is 5.10 Å². The van der Waals surface area contributed by atoms with Crippen molar-refractivity contribution in [1.82, 2.24) is 24.9 Å². The molecule has 0 saturated carbocycles. The van der Waals surface area contributed by atoms with Crippen LogP contribution in [0.2, 0.25) is 0 Å². The van der Waals surface area contributed by atoms with Gasteiger partial charge in [0.15, 0.2) is 11.5 Å². The second-order valence-corrected chi connectivity index (χ2v) is 6.90. The number of carbonyl (C=O) groups excluding carboxylic acids is 1. The Labute approximate surface area is 162 Å². The summed E-state index contributed by atoms with van der Waals surface area (Å²) >= 11 is 0. The van der Waals surface area contributed by atoms with Gasteiger partial charge >= 0.3 is 0 Å². The molecule has 3 heterocycles. The van der Waals surface area contributed by atoms with E-state index in [2.05, 4.69) is 20.4 Å². The Morgan fingerprint density at radius 3 is 2.93 bits per heavy atom. The van der Waals surface area contributed by atoms with Gasteiger partial charge in [-0.05, 0) is 44.0 Å². The van der Waals surface area contributed by atoms with Crippen LogP contribution in [0.4, 0.5) is 0 Å². The van der Waals surface area contributed by atoms with Crippen molar-refractivity contribution in [3.05, 3.63) is 42.5 Å². The third-order valence-electron chi connectivity index (χ3n) is 4.83. The van der Waals surface area contributed by atoms with Crippen LogP contribution in [0.25, 0.3) is 16.9 Å². The van der Waals surface area contributed by atoms with E-state index in [0.29, 0.717) is 17.9 Å². The summed E-state index contributed by atoms with van der Waals surface area (Å²) in [6, 6.07) is 9.26. The van der Waals surface area contributed by atoms with Crippen LogP contribution < -0.4 is 10.1 Å². The number of carbonyl (C=O) groups is 1. The predicted molar refractivity (Wildman–Crippen MR) is 103 cm³/mol. The fourth-order valence-electron chi connectivity index (χ4n) is 3.29. The zero-order chi connectivity index (χ0) is 19.5. The largest absolute Gasteiger partial charge is 0.497 e. The van der Waals surface area contributed by atoms with Gasteiger partial charge in [0, 0.05) is 18.2 Å². The number of rotatable bonds is 6. The second kappa shape index (κ2) is 7.93.